The van der Waals surface area contributed by atoms with Gasteiger partial charge in [-0.25, -0.2) is 0 Å². The predicted molar refractivity (Wildman–Crippen MR) is 89.0 cm³/mol. The largest absolute Gasteiger partial charge is 0.371 e. The molecule has 0 radical (unpaired) electrons. The van der Waals surface area contributed by atoms with Gasteiger partial charge < -0.3 is 10.2 Å². The van der Waals surface area contributed by atoms with Crippen molar-refractivity contribution in [3.63, 3.8) is 0 Å². The number of carbonyl (C=O) groups is 1. The molecule has 0 atom stereocenters. The van der Waals surface area contributed by atoms with Gasteiger partial charge in [-0.1, -0.05) is 17.7 Å². The Morgan fingerprint density at radius 1 is 1.09 bits per heavy atom. The van der Waals surface area contributed by atoms with E-state index in [2.05, 4.69) is 15.2 Å². The van der Waals surface area contributed by atoms with E-state index in [1.165, 1.54) is 11.3 Å². The average Bonchev–Trinajstić information content (AvgIpc) is 2.58. The number of anilines is 2. The number of benzene rings is 1. The third-order valence-corrected chi connectivity index (χ3v) is 4.21. The number of nitrogens with one attached hydrogen (secondary N) is 1. The maximum absolute atomic E-state index is 12.4. The van der Waals surface area contributed by atoms with Crippen molar-refractivity contribution in [3.05, 3.63) is 54.4 Å². The number of hydrogen-bond donors (Lipinski definition) is 1. The minimum atomic E-state index is 0.0967. The molecule has 4 heteroatoms. The zero-order valence-corrected chi connectivity index (χ0v) is 12.8. The molecule has 0 spiro atoms. The van der Waals surface area contributed by atoms with Crippen molar-refractivity contribution in [1.82, 2.24) is 4.98 Å². The van der Waals surface area contributed by atoms with Crippen molar-refractivity contribution in [3.8, 4) is 0 Å². The minimum Gasteiger partial charge on any atom is -0.371 e. The van der Waals surface area contributed by atoms with Gasteiger partial charge in [0, 0.05) is 42.8 Å². The zero-order chi connectivity index (χ0) is 15.4. The summed E-state index contributed by atoms with van der Waals surface area (Å²) in [5.74, 6) is 0.234. The smallest absolute Gasteiger partial charge is 0.227 e. The van der Waals surface area contributed by atoms with Crippen LogP contribution >= 0.6 is 0 Å². The first-order valence-electron chi connectivity index (χ1n) is 7.75. The number of carbonyl (C=O) groups excluding carboxylic acids is 1. The highest BCUT2D eigenvalue weighted by Gasteiger charge is 2.25. The second-order valence-corrected chi connectivity index (χ2v) is 5.82. The van der Waals surface area contributed by atoms with Crippen LogP contribution in [0.5, 0.6) is 0 Å². The highest BCUT2D eigenvalue weighted by Crippen LogP contribution is 2.23. The van der Waals surface area contributed by atoms with E-state index in [0.717, 1.165) is 31.6 Å². The molecule has 0 unspecified atom stereocenters. The normalized spacial score (nSPS) is 15.6. The monoisotopic (exact) mass is 295 g/mol. The summed E-state index contributed by atoms with van der Waals surface area (Å²) in [7, 11) is 0. The Balaban J connectivity index is 1.54. The molecule has 2 aromatic rings. The van der Waals surface area contributed by atoms with Crippen molar-refractivity contribution in [2.45, 2.75) is 19.8 Å². The molecule has 1 fully saturated rings. The van der Waals surface area contributed by atoms with Crippen LogP contribution < -0.4 is 10.2 Å². The summed E-state index contributed by atoms with van der Waals surface area (Å²) in [5.41, 5.74) is 3.27. The summed E-state index contributed by atoms with van der Waals surface area (Å²) < 4.78 is 0. The lowest BCUT2D eigenvalue weighted by Gasteiger charge is -2.32. The van der Waals surface area contributed by atoms with Gasteiger partial charge in [-0.15, -0.1) is 0 Å². The lowest BCUT2D eigenvalue weighted by atomic mass is 9.95. The second-order valence-electron chi connectivity index (χ2n) is 5.82. The van der Waals surface area contributed by atoms with Crippen LogP contribution in [0.4, 0.5) is 11.4 Å². The van der Waals surface area contributed by atoms with Gasteiger partial charge in [0.15, 0.2) is 0 Å². The topological polar surface area (TPSA) is 45.2 Å². The quantitative estimate of drug-likeness (QED) is 0.945. The van der Waals surface area contributed by atoms with Crippen molar-refractivity contribution in [1.29, 1.82) is 0 Å². The van der Waals surface area contributed by atoms with Crippen molar-refractivity contribution >= 4 is 17.3 Å². The molecule has 0 saturated carbocycles. The van der Waals surface area contributed by atoms with E-state index in [1.807, 2.05) is 55.7 Å². The van der Waals surface area contributed by atoms with E-state index in [4.69, 9.17) is 0 Å². The van der Waals surface area contributed by atoms with Crippen LogP contribution in [0.1, 0.15) is 18.4 Å². The second kappa shape index (κ2) is 6.60. The third-order valence-electron chi connectivity index (χ3n) is 4.21. The Morgan fingerprint density at radius 2 is 1.73 bits per heavy atom. The van der Waals surface area contributed by atoms with Crippen molar-refractivity contribution in [2.75, 3.05) is 23.3 Å². The Hall–Kier alpha value is -2.36. The summed E-state index contributed by atoms with van der Waals surface area (Å²) in [4.78, 5) is 18.7. The molecule has 22 heavy (non-hydrogen) atoms. The van der Waals surface area contributed by atoms with Crippen LogP contribution in [0, 0.1) is 12.8 Å². The van der Waals surface area contributed by atoms with Gasteiger partial charge in [0.25, 0.3) is 0 Å². The molecule has 1 amide bonds. The van der Waals surface area contributed by atoms with Crippen LogP contribution in [0.2, 0.25) is 0 Å². The number of piperidine rings is 1. The Bertz CT molecular complexity index is 617. The first-order valence-corrected chi connectivity index (χ1v) is 7.75. The molecule has 1 aliphatic heterocycles. The van der Waals surface area contributed by atoms with Crippen molar-refractivity contribution < 1.29 is 4.79 Å². The Morgan fingerprint density at radius 3 is 2.36 bits per heavy atom. The van der Waals surface area contributed by atoms with Gasteiger partial charge in [0.05, 0.1) is 0 Å². The van der Waals surface area contributed by atoms with Gasteiger partial charge >= 0.3 is 0 Å². The number of rotatable bonds is 3. The van der Waals surface area contributed by atoms with E-state index >= 15 is 0 Å². The summed E-state index contributed by atoms with van der Waals surface area (Å²) >= 11 is 0. The van der Waals surface area contributed by atoms with Crippen LogP contribution in [0.25, 0.3) is 0 Å². The van der Waals surface area contributed by atoms with Crippen LogP contribution in [-0.4, -0.2) is 24.0 Å². The van der Waals surface area contributed by atoms with E-state index in [0.29, 0.717) is 0 Å². The highest BCUT2D eigenvalue weighted by atomic mass is 16.1. The maximum atomic E-state index is 12.4. The molecule has 2 heterocycles. The van der Waals surface area contributed by atoms with Gasteiger partial charge in [0.2, 0.25) is 5.91 Å². The van der Waals surface area contributed by atoms with E-state index in [1.54, 1.807) is 0 Å². The van der Waals surface area contributed by atoms with E-state index in [-0.39, 0.29) is 11.8 Å². The Kier molecular flexibility index (Phi) is 4.37. The molecule has 1 aromatic carbocycles. The molecule has 1 aliphatic rings. The van der Waals surface area contributed by atoms with E-state index in [9.17, 15) is 4.79 Å². The first kappa shape index (κ1) is 14.6. The Labute approximate surface area is 131 Å². The predicted octanol–water partition coefficient (Wildman–Crippen LogP) is 3.25. The highest BCUT2D eigenvalue weighted by molar-refractivity contribution is 5.92. The zero-order valence-electron chi connectivity index (χ0n) is 12.8. The molecule has 1 saturated heterocycles. The summed E-state index contributed by atoms with van der Waals surface area (Å²) in [5, 5.41) is 3.03. The molecule has 3 rings (SSSR count). The summed E-state index contributed by atoms with van der Waals surface area (Å²) in [6.45, 7) is 3.87. The molecular weight excluding hydrogens is 274 g/mol. The van der Waals surface area contributed by atoms with Gasteiger partial charge in [0.1, 0.15) is 0 Å². The number of amides is 1. The summed E-state index contributed by atoms with van der Waals surface area (Å²) in [6.07, 6.45) is 5.40. The molecular formula is C18H21N3O. The lowest BCUT2D eigenvalue weighted by Crippen LogP contribution is -2.38. The molecule has 4 nitrogen and oxygen atoms in total. The molecule has 0 bridgehead atoms. The number of hydrogen-bond acceptors (Lipinski definition) is 3. The fraction of sp³-hybridized carbons (Fsp3) is 0.333. The average molecular weight is 295 g/mol. The van der Waals surface area contributed by atoms with Crippen LogP contribution in [0.15, 0.2) is 48.8 Å². The molecule has 1 aromatic heterocycles. The van der Waals surface area contributed by atoms with E-state index < -0.39 is 0 Å². The summed E-state index contributed by atoms with van der Waals surface area (Å²) in [6, 6.07) is 12.0. The van der Waals surface area contributed by atoms with Crippen LogP contribution in [0.3, 0.4) is 0 Å². The fourth-order valence-electron chi connectivity index (χ4n) is 2.84. The maximum Gasteiger partial charge on any atom is 0.227 e. The lowest BCUT2D eigenvalue weighted by molar-refractivity contribution is -0.120. The number of nitrogens with zero attached hydrogens (tertiary/aromatic N) is 2. The van der Waals surface area contributed by atoms with Gasteiger partial charge in [-0.3, -0.25) is 9.78 Å². The SMILES string of the molecule is Cc1ccc(NC(=O)C2CCN(c3ccncc3)CC2)cc1. The number of aromatic nitrogens is 1. The molecule has 0 aliphatic carbocycles. The van der Waals surface area contributed by atoms with Crippen molar-refractivity contribution in [2.24, 2.45) is 5.92 Å². The third kappa shape index (κ3) is 3.45. The standard InChI is InChI=1S/C18H21N3O/c1-14-2-4-16(5-3-14)20-18(22)15-8-12-21(13-9-15)17-6-10-19-11-7-17/h2-7,10-11,15H,8-9,12-13H2,1H3,(H,20,22). The first-order chi connectivity index (χ1) is 10.7. The van der Waals surface area contributed by atoms with Crippen LogP contribution in [-0.2, 0) is 4.79 Å². The number of pyridine rings is 1. The molecule has 1 N–H and O–H groups in total. The fourth-order valence-corrected chi connectivity index (χ4v) is 2.84. The minimum absolute atomic E-state index is 0.0967. The van der Waals surface area contributed by atoms with Gasteiger partial charge in [-0.2, -0.15) is 0 Å². The van der Waals surface area contributed by atoms with Gasteiger partial charge in [-0.05, 0) is 44.0 Å². The molecule has 114 valence electrons. The number of aryl methyl sites for hydroxylation is 1.